The first-order chi connectivity index (χ1) is 12.7. The number of carbonyl (C=O) groups excluding carboxylic acids is 1. The number of amides is 1. The van der Waals surface area contributed by atoms with Crippen LogP contribution >= 0.6 is 11.3 Å². The van der Waals surface area contributed by atoms with E-state index in [1.54, 1.807) is 18.4 Å². The summed E-state index contributed by atoms with van der Waals surface area (Å²) in [7, 11) is 3.13. The molecule has 0 aliphatic rings. The Balaban J connectivity index is 1.55. The molecule has 0 aliphatic carbocycles. The third kappa shape index (κ3) is 4.34. The first-order valence-electron chi connectivity index (χ1n) is 7.92. The molecule has 8 heteroatoms. The molecular weight excluding hydrogens is 352 g/mol. The smallest absolute Gasteiger partial charge is 0.270 e. The molecule has 1 amide bonds. The number of benzene rings is 1. The van der Waals surface area contributed by atoms with Crippen molar-refractivity contribution in [3.05, 3.63) is 53.4 Å². The van der Waals surface area contributed by atoms with Gasteiger partial charge in [-0.05, 0) is 24.3 Å². The maximum atomic E-state index is 12.1. The van der Waals surface area contributed by atoms with Crippen LogP contribution in [0.1, 0.15) is 16.2 Å². The average molecular weight is 370 g/mol. The minimum Gasteiger partial charge on any atom is -0.497 e. The van der Waals surface area contributed by atoms with Gasteiger partial charge >= 0.3 is 0 Å². The zero-order valence-electron chi connectivity index (χ0n) is 14.4. The maximum Gasteiger partial charge on any atom is 0.270 e. The Labute approximate surface area is 155 Å². The summed E-state index contributed by atoms with van der Waals surface area (Å²) in [4.78, 5) is 24.5. The Morgan fingerprint density at radius 3 is 2.69 bits per heavy atom. The molecule has 2 heterocycles. The van der Waals surface area contributed by atoms with Gasteiger partial charge in [0, 0.05) is 30.0 Å². The van der Waals surface area contributed by atoms with Gasteiger partial charge in [0.15, 0.2) is 0 Å². The van der Waals surface area contributed by atoms with Gasteiger partial charge in [-0.15, -0.1) is 11.3 Å². The minimum absolute atomic E-state index is 0.267. The van der Waals surface area contributed by atoms with Gasteiger partial charge < -0.3 is 14.8 Å². The second-order valence-electron chi connectivity index (χ2n) is 5.32. The SMILES string of the molecule is COc1ccc(-c2nc(CCNC(=O)c3cc(OC)ncn3)cs2)cc1. The molecule has 1 aromatic carbocycles. The van der Waals surface area contributed by atoms with Crippen LogP contribution in [-0.4, -0.2) is 41.6 Å². The zero-order chi connectivity index (χ0) is 18.4. The van der Waals surface area contributed by atoms with Crippen LogP contribution in [-0.2, 0) is 6.42 Å². The summed E-state index contributed by atoms with van der Waals surface area (Å²) in [5.74, 6) is 0.902. The van der Waals surface area contributed by atoms with E-state index in [0.717, 1.165) is 22.0 Å². The molecule has 134 valence electrons. The molecule has 0 saturated heterocycles. The Morgan fingerprint density at radius 1 is 1.15 bits per heavy atom. The summed E-state index contributed by atoms with van der Waals surface area (Å²) < 4.78 is 10.2. The monoisotopic (exact) mass is 370 g/mol. The second-order valence-corrected chi connectivity index (χ2v) is 6.18. The number of rotatable bonds is 7. The number of thiazole rings is 1. The largest absolute Gasteiger partial charge is 0.497 e. The first kappa shape index (κ1) is 17.8. The van der Waals surface area contributed by atoms with Crippen molar-refractivity contribution < 1.29 is 14.3 Å². The Hall–Kier alpha value is -3.00. The number of carbonyl (C=O) groups is 1. The Morgan fingerprint density at radius 2 is 1.96 bits per heavy atom. The molecule has 1 N–H and O–H groups in total. The molecule has 2 aromatic heterocycles. The standard InChI is InChI=1S/C18H18N4O3S/c1-24-14-5-3-12(4-6-14)18-22-13(10-26-18)7-8-19-17(23)15-9-16(25-2)21-11-20-15/h3-6,9-11H,7-8H2,1-2H3,(H,19,23). The summed E-state index contributed by atoms with van der Waals surface area (Å²) in [5.41, 5.74) is 2.25. The molecule has 0 fully saturated rings. The molecule has 0 aliphatic heterocycles. The van der Waals surface area contributed by atoms with Gasteiger partial charge in [-0.25, -0.2) is 15.0 Å². The Kier molecular flexibility index (Phi) is 5.75. The highest BCUT2D eigenvalue weighted by atomic mass is 32.1. The second kappa shape index (κ2) is 8.39. The molecule has 0 spiro atoms. The number of aromatic nitrogens is 3. The lowest BCUT2D eigenvalue weighted by molar-refractivity contribution is 0.0948. The van der Waals surface area contributed by atoms with Gasteiger partial charge in [-0.3, -0.25) is 4.79 Å². The van der Waals surface area contributed by atoms with Crippen LogP contribution in [0.3, 0.4) is 0 Å². The van der Waals surface area contributed by atoms with E-state index < -0.39 is 0 Å². The lowest BCUT2D eigenvalue weighted by Gasteiger charge is -2.04. The summed E-state index contributed by atoms with van der Waals surface area (Å²) in [6, 6.07) is 9.27. The molecule has 0 bridgehead atoms. The predicted molar refractivity (Wildman–Crippen MR) is 98.7 cm³/mol. The normalized spacial score (nSPS) is 10.4. The van der Waals surface area contributed by atoms with E-state index in [0.29, 0.717) is 18.8 Å². The molecule has 3 rings (SSSR count). The summed E-state index contributed by atoms with van der Waals surface area (Å²) in [6.45, 7) is 0.469. The molecule has 0 saturated carbocycles. The van der Waals surface area contributed by atoms with E-state index in [1.165, 1.54) is 19.5 Å². The maximum absolute atomic E-state index is 12.1. The van der Waals surface area contributed by atoms with Crippen LogP contribution in [0.5, 0.6) is 11.6 Å². The van der Waals surface area contributed by atoms with Crippen molar-refractivity contribution in [2.75, 3.05) is 20.8 Å². The van der Waals surface area contributed by atoms with Crippen LogP contribution in [0.25, 0.3) is 10.6 Å². The topological polar surface area (TPSA) is 86.2 Å². The van der Waals surface area contributed by atoms with Crippen LogP contribution in [0.15, 0.2) is 42.0 Å². The van der Waals surface area contributed by atoms with Gasteiger partial charge in [0.25, 0.3) is 5.91 Å². The highest BCUT2D eigenvalue weighted by Crippen LogP contribution is 2.25. The van der Waals surface area contributed by atoms with Crippen LogP contribution in [0.4, 0.5) is 0 Å². The van der Waals surface area contributed by atoms with E-state index in [4.69, 9.17) is 9.47 Å². The third-order valence-electron chi connectivity index (χ3n) is 3.64. The number of nitrogens with one attached hydrogen (secondary N) is 1. The minimum atomic E-state index is -0.267. The molecule has 0 radical (unpaired) electrons. The lowest BCUT2D eigenvalue weighted by Crippen LogP contribution is -2.26. The fourth-order valence-electron chi connectivity index (χ4n) is 2.26. The summed E-state index contributed by atoms with van der Waals surface area (Å²) in [6.07, 6.45) is 1.94. The van der Waals surface area contributed by atoms with E-state index in [9.17, 15) is 4.79 Å². The van der Waals surface area contributed by atoms with Crippen molar-refractivity contribution in [3.8, 4) is 22.2 Å². The average Bonchev–Trinajstić information content (AvgIpc) is 3.17. The quantitative estimate of drug-likeness (QED) is 0.688. The van der Waals surface area contributed by atoms with Crippen molar-refractivity contribution in [3.63, 3.8) is 0 Å². The predicted octanol–water partition coefficient (Wildman–Crippen LogP) is 2.59. The fraction of sp³-hybridized carbons (Fsp3) is 0.222. The van der Waals surface area contributed by atoms with Crippen molar-refractivity contribution in [1.82, 2.24) is 20.3 Å². The van der Waals surface area contributed by atoms with Crippen LogP contribution in [0, 0.1) is 0 Å². The molecule has 26 heavy (non-hydrogen) atoms. The van der Waals surface area contributed by atoms with Crippen molar-refractivity contribution in [2.45, 2.75) is 6.42 Å². The van der Waals surface area contributed by atoms with Crippen molar-refractivity contribution in [2.24, 2.45) is 0 Å². The fourth-order valence-corrected chi connectivity index (χ4v) is 3.12. The van der Waals surface area contributed by atoms with Gasteiger partial charge in [-0.2, -0.15) is 0 Å². The van der Waals surface area contributed by atoms with Gasteiger partial charge in [0.2, 0.25) is 5.88 Å². The molecule has 0 atom stereocenters. The molecular formula is C18H18N4O3S. The Bertz CT molecular complexity index is 880. The van der Waals surface area contributed by atoms with E-state index in [2.05, 4.69) is 20.3 Å². The number of ether oxygens (including phenoxy) is 2. The summed E-state index contributed by atoms with van der Waals surface area (Å²) in [5, 5.41) is 5.76. The van der Waals surface area contributed by atoms with Gasteiger partial charge in [0.1, 0.15) is 22.8 Å². The highest BCUT2D eigenvalue weighted by Gasteiger charge is 2.10. The molecule has 7 nitrogen and oxygen atoms in total. The van der Waals surface area contributed by atoms with Gasteiger partial charge in [0.05, 0.1) is 19.9 Å². The first-order valence-corrected chi connectivity index (χ1v) is 8.80. The number of methoxy groups -OCH3 is 2. The number of nitrogens with zero attached hydrogens (tertiary/aromatic N) is 3. The van der Waals surface area contributed by atoms with E-state index in [-0.39, 0.29) is 11.6 Å². The lowest BCUT2D eigenvalue weighted by atomic mass is 10.2. The molecule has 3 aromatic rings. The molecule has 0 unspecified atom stereocenters. The van der Waals surface area contributed by atoms with Crippen LogP contribution in [0.2, 0.25) is 0 Å². The van der Waals surface area contributed by atoms with E-state index in [1.807, 2.05) is 29.6 Å². The zero-order valence-corrected chi connectivity index (χ0v) is 15.2. The van der Waals surface area contributed by atoms with Crippen LogP contribution < -0.4 is 14.8 Å². The number of hydrogen-bond acceptors (Lipinski definition) is 7. The van der Waals surface area contributed by atoms with Crippen molar-refractivity contribution >= 4 is 17.2 Å². The van der Waals surface area contributed by atoms with E-state index >= 15 is 0 Å². The van der Waals surface area contributed by atoms with Gasteiger partial charge in [-0.1, -0.05) is 0 Å². The highest BCUT2D eigenvalue weighted by molar-refractivity contribution is 7.13. The summed E-state index contributed by atoms with van der Waals surface area (Å²) >= 11 is 1.57. The third-order valence-corrected chi connectivity index (χ3v) is 4.58. The van der Waals surface area contributed by atoms with Crippen molar-refractivity contribution in [1.29, 1.82) is 0 Å². The number of hydrogen-bond donors (Lipinski definition) is 1.